The molecule has 6 atom stereocenters. The van der Waals surface area contributed by atoms with E-state index in [4.69, 9.17) is 6.42 Å². The zero-order chi connectivity index (χ0) is 15.1. The van der Waals surface area contributed by atoms with E-state index in [1.54, 1.807) is 6.20 Å². The van der Waals surface area contributed by atoms with Gasteiger partial charge in [-0.25, -0.2) is 0 Å². The molecule has 3 heteroatoms. The van der Waals surface area contributed by atoms with Gasteiger partial charge in [-0.15, -0.1) is 12.3 Å². The van der Waals surface area contributed by atoms with Gasteiger partial charge in [-0.3, -0.25) is 9.88 Å². The Hall–Kier alpha value is -1.89. The largest absolute Gasteiger partial charge is 0.387 e. The second-order valence-electron chi connectivity index (χ2n) is 6.93. The number of pyridine rings is 1. The number of benzene rings is 1. The maximum Gasteiger partial charge on any atom is 0.0971 e. The Morgan fingerprint density at radius 2 is 2.32 bits per heavy atom. The summed E-state index contributed by atoms with van der Waals surface area (Å²) in [5, 5.41) is 12.1. The maximum atomic E-state index is 11.0. The summed E-state index contributed by atoms with van der Waals surface area (Å²) in [5.74, 6) is 3.89. The van der Waals surface area contributed by atoms with Crippen LogP contribution in [0, 0.1) is 31.1 Å². The average Bonchev–Trinajstić information content (AvgIpc) is 3.35. The smallest absolute Gasteiger partial charge is 0.0971 e. The molecule has 6 unspecified atom stereocenters. The molecule has 3 nitrogen and oxygen atoms in total. The summed E-state index contributed by atoms with van der Waals surface area (Å²) in [6, 6.07) is 8.36. The lowest BCUT2D eigenvalue weighted by atomic mass is 9.97. The van der Waals surface area contributed by atoms with Crippen molar-refractivity contribution in [3.63, 3.8) is 0 Å². The van der Waals surface area contributed by atoms with Gasteiger partial charge in [-0.2, -0.15) is 0 Å². The molecule has 3 heterocycles. The van der Waals surface area contributed by atoms with Gasteiger partial charge in [0.1, 0.15) is 0 Å². The fraction of sp³-hybridized carbons (Fsp3) is 0.421. The summed E-state index contributed by atoms with van der Waals surface area (Å²) in [6.45, 7) is 3.15. The van der Waals surface area contributed by atoms with Gasteiger partial charge in [-0.1, -0.05) is 11.6 Å². The monoisotopic (exact) mass is 290 g/mol. The van der Waals surface area contributed by atoms with Crippen molar-refractivity contribution in [3.05, 3.63) is 41.6 Å². The highest BCUT2D eigenvalue weighted by atomic mass is 16.3. The molecule has 0 amide bonds. The third-order valence-electron chi connectivity index (χ3n) is 6.03. The maximum absolute atomic E-state index is 11.0. The van der Waals surface area contributed by atoms with E-state index in [0.717, 1.165) is 23.0 Å². The topological polar surface area (TPSA) is 36.1 Å². The molecule has 1 aromatic heterocycles. The lowest BCUT2D eigenvalue weighted by Gasteiger charge is -2.14. The van der Waals surface area contributed by atoms with Crippen molar-refractivity contribution in [3.8, 4) is 12.3 Å². The number of fused-ring (bicyclic) bond motifs is 1. The summed E-state index contributed by atoms with van der Waals surface area (Å²) < 4.78 is 0. The van der Waals surface area contributed by atoms with Crippen molar-refractivity contribution in [1.29, 1.82) is 0 Å². The predicted octanol–water partition coefficient (Wildman–Crippen LogP) is 2.28. The van der Waals surface area contributed by atoms with Crippen LogP contribution in [0.5, 0.6) is 0 Å². The van der Waals surface area contributed by atoms with Gasteiger partial charge in [0.25, 0.3) is 0 Å². The Kier molecular flexibility index (Phi) is 2.24. The lowest BCUT2D eigenvalue weighted by molar-refractivity contribution is 0.156. The second-order valence-corrected chi connectivity index (χ2v) is 6.93. The highest BCUT2D eigenvalue weighted by Gasteiger charge is 2.87. The van der Waals surface area contributed by atoms with Crippen molar-refractivity contribution < 1.29 is 5.11 Å². The number of aliphatic hydroxyl groups excluding tert-OH is 1. The summed E-state index contributed by atoms with van der Waals surface area (Å²) in [6.07, 6.45) is 8.19. The second kappa shape index (κ2) is 3.90. The number of piperidine rings is 2. The Balaban J connectivity index is 1.57. The highest BCUT2D eigenvalue weighted by molar-refractivity contribution is 5.83. The van der Waals surface area contributed by atoms with Crippen LogP contribution in [0.2, 0.25) is 0 Å². The van der Waals surface area contributed by atoms with Crippen LogP contribution in [0.1, 0.15) is 23.7 Å². The summed E-state index contributed by atoms with van der Waals surface area (Å²) in [5.41, 5.74) is 3.24. The molecule has 2 saturated heterocycles. The molecule has 1 N–H and O–H groups in total. The van der Waals surface area contributed by atoms with Gasteiger partial charge >= 0.3 is 0 Å². The van der Waals surface area contributed by atoms with Crippen LogP contribution in [-0.2, 0) is 0 Å². The van der Waals surface area contributed by atoms with E-state index in [-0.39, 0.29) is 11.6 Å². The van der Waals surface area contributed by atoms with E-state index in [0.29, 0.717) is 11.8 Å². The highest BCUT2D eigenvalue weighted by Crippen LogP contribution is 2.76. The van der Waals surface area contributed by atoms with Crippen molar-refractivity contribution in [1.82, 2.24) is 9.88 Å². The van der Waals surface area contributed by atoms with E-state index >= 15 is 0 Å². The minimum Gasteiger partial charge on any atom is -0.387 e. The average molecular weight is 290 g/mol. The molecule has 1 saturated carbocycles. The van der Waals surface area contributed by atoms with E-state index in [2.05, 4.69) is 34.9 Å². The fourth-order valence-corrected chi connectivity index (χ4v) is 5.06. The number of aryl methyl sites for hydroxylation is 1. The van der Waals surface area contributed by atoms with Gasteiger partial charge < -0.3 is 5.11 Å². The standard InChI is InChI=1S/C19H18N2O/c1-3-14-15-7-9-21-18(19(14,15)21)17(22)12-6-8-20-16-5-4-11(2)10-13(12)16/h1,4-6,8,10,14-15,17-18,22H,7,9H2,2H3. The van der Waals surface area contributed by atoms with Crippen LogP contribution in [0.25, 0.3) is 10.9 Å². The minimum atomic E-state index is -0.478. The number of terminal acetylenes is 1. The molecule has 1 spiro atoms. The Bertz CT molecular complexity index is 839. The number of aromatic nitrogens is 1. The van der Waals surface area contributed by atoms with Crippen molar-refractivity contribution in [2.45, 2.75) is 31.0 Å². The third-order valence-corrected chi connectivity index (χ3v) is 6.03. The van der Waals surface area contributed by atoms with Crippen LogP contribution >= 0.6 is 0 Å². The van der Waals surface area contributed by atoms with Gasteiger partial charge in [0.2, 0.25) is 0 Å². The van der Waals surface area contributed by atoms with E-state index in [9.17, 15) is 5.11 Å². The molecular formula is C19H18N2O. The van der Waals surface area contributed by atoms with E-state index in [1.807, 2.05) is 12.1 Å². The molecule has 110 valence electrons. The van der Waals surface area contributed by atoms with Gasteiger partial charge in [0, 0.05) is 17.5 Å². The molecule has 0 radical (unpaired) electrons. The molecule has 1 aliphatic carbocycles. The molecule has 3 fully saturated rings. The first-order valence-corrected chi connectivity index (χ1v) is 7.96. The molecule has 1 aromatic carbocycles. The molecule has 5 rings (SSSR count). The summed E-state index contributed by atoms with van der Waals surface area (Å²) in [4.78, 5) is 6.84. The number of aliphatic hydroxyl groups is 1. The molecule has 0 bridgehead atoms. The molecule has 2 aromatic rings. The summed E-state index contributed by atoms with van der Waals surface area (Å²) in [7, 11) is 0. The fourth-order valence-electron chi connectivity index (χ4n) is 5.06. The summed E-state index contributed by atoms with van der Waals surface area (Å²) >= 11 is 0. The van der Waals surface area contributed by atoms with Crippen LogP contribution in [0.4, 0.5) is 0 Å². The van der Waals surface area contributed by atoms with E-state index in [1.165, 1.54) is 12.0 Å². The van der Waals surface area contributed by atoms with Crippen molar-refractivity contribution in [2.24, 2.45) is 11.8 Å². The first kappa shape index (κ1) is 12.6. The van der Waals surface area contributed by atoms with Gasteiger partial charge in [-0.05, 0) is 49.6 Å². The van der Waals surface area contributed by atoms with Crippen LogP contribution in [-0.4, -0.2) is 33.1 Å². The molecular weight excluding hydrogens is 272 g/mol. The van der Waals surface area contributed by atoms with Gasteiger partial charge in [0.05, 0.1) is 23.2 Å². The number of hydrogen-bond acceptors (Lipinski definition) is 3. The van der Waals surface area contributed by atoms with Gasteiger partial charge in [0.15, 0.2) is 0 Å². The zero-order valence-corrected chi connectivity index (χ0v) is 12.5. The Morgan fingerprint density at radius 3 is 3.09 bits per heavy atom. The van der Waals surface area contributed by atoms with Crippen molar-refractivity contribution >= 4 is 10.9 Å². The normalized spacial score (nSPS) is 39.0. The molecule has 2 aliphatic heterocycles. The SMILES string of the molecule is C#CC1C2CCN3C(C(O)c4ccnc5ccc(C)cc45)C123. The predicted molar refractivity (Wildman–Crippen MR) is 85.1 cm³/mol. The zero-order valence-electron chi connectivity index (χ0n) is 12.5. The lowest BCUT2D eigenvalue weighted by Crippen LogP contribution is -2.15. The van der Waals surface area contributed by atoms with Crippen LogP contribution < -0.4 is 0 Å². The molecule has 3 aliphatic rings. The number of rotatable bonds is 2. The third kappa shape index (κ3) is 1.29. The molecule has 22 heavy (non-hydrogen) atoms. The van der Waals surface area contributed by atoms with E-state index < -0.39 is 6.10 Å². The quantitative estimate of drug-likeness (QED) is 0.681. The Morgan fingerprint density at radius 1 is 1.45 bits per heavy atom. The van der Waals surface area contributed by atoms with Crippen LogP contribution in [0.15, 0.2) is 30.5 Å². The minimum absolute atomic E-state index is 0.119. The number of nitrogens with zero attached hydrogens (tertiary/aromatic N) is 2. The number of hydrogen-bond donors (Lipinski definition) is 1. The first-order chi connectivity index (χ1) is 10.7. The Labute approximate surface area is 130 Å². The van der Waals surface area contributed by atoms with Crippen molar-refractivity contribution in [2.75, 3.05) is 6.54 Å². The van der Waals surface area contributed by atoms with Crippen LogP contribution in [0.3, 0.4) is 0 Å². The first-order valence-electron chi connectivity index (χ1n) is 7.96.